The Hall–Kier alpha value is 0.660. The normalized spacial score (nSPS) is 42.6. The van der Waals surface area contributed by atoms with Crippen molar-refractivity contribution in [3.8, 4) is 0 Å². The molecule has 0 aromatic heterocycles. The molecule has 0 bridgehead atoms. The molecule has 2 aliphatic heterocycles. The van der Waals surface area contributed by atoms with Crippen molar-refractivity contribution in [3.63, 3.8) is 0 Å². The minimum absolute atomic E-state index is 0.291. The van der Waals surface area contributed by atoms with Crippen LogP contribution in [-0.2, 0) is 9.47 Å². The van der Waals surface area contributed by atoms with Gasteiger partial charge in [0.25, 0.3) is 0 Å². The van der Waals surface area contributed by atoms with Crippen molar-refractivity contribution in [1.29, 1.82) is 0 Å². The van der Waals surface area contributed by atoms with Gasteiger partial charge in [0.1, 0.15) is 0 Å². The second-order valence-corrected chi connectivity index (χ2v) is 6.11. The zero-order valence-corrected chi connectivity index (χ0v) is 11.4. The van der Waals surface area contributed by atoms with Gasteiger partial charge in [-0.15, -0.1) is 9.24 Å². The Bertz CT molecular complexity index is 220. The van der Waals surface area contributed by atoms with Crippen LogP contribution in [-0.4, -0.2) is 67.6 Å². The number of nitrogens with zero attached hydrogens (tertiary/aromatic N) is 1. The fraction of sp³-hybridized carbons (Fsp3) is 1.00. The summed E-state index contributed by atoms with van der Waals surface area (Å²) in [5.41, 5.74) is 0.417. The van der Waals surface area contributed by atoms with Gasteiger partial charge in [0.05, 0.1) is 12.2 Å². The fourth-order valence-corrected chi connectivity index (χ4v) is 4.42. The Kier molecular flexibility index (Phi) is 4.31. The second kappa shape index (κ2) is 5.33. The van der Waals surface area contributed by atoms with Crippen molar-refractivity contribution in [2.45, 2.75) is 23.9 Å². The molecule has 0 aromatic rings. The maximum absolute atomic E-state index is 5.65. The van der Waals surface area contributed by atoms with E-state index in [4.69, 9.17) is 9.47 Å². The summed E-state index contributed by atoms with van der Waals surface area (Å²) in [6, 6.07) is 0.572. The van der Waals surface area contributed by atoms with E-state index >= 15 is 0 Å². The molecule has 0 radical (unpaired) electrons. The quantitative estimate of drug-likeness (QED) is 0.671. The van der Waals surface area contributed by atoms with Crippen LogP contribution >= 0.6 is 21.0 Å². The van der Waals surface area contributed by atoms with E-state index in [9.17, 15) is 0 Å². The molecule has 0 saturated carbocycles. The molecule has 2 heterocycles. The smallest absolute Gasteiger partial charge is 0.0822 e. The number of hydrogen-bond donors (Lipinski definition) is 0. The van der Waals surface area contributed by atoms with Crippen molar-refractivity contribution in [3.05, 3.63) is 0 Å². The standard InChI is InChI=1S/C10H20NO2PS/c1-12-8-5-11-3-4-15-6-7(11)9(13-2)10(8)14/h7-10H,3-6,14H2,1-2H3/t7-,8-,9+,10+/m0/s1. The number of piperidine rings is 1. The minimum atomic E-state index is 0.291. The third-order valence-electron chi connectivity index (χ3n) is 3.46. The molecule has 5 atom stereocenters. The average Bonchev–Trinajstić information content (AvgIpc) is 2.28. The molecular formula is C10H20NO2PS. The van der Waals surface area contributed by atoms with Crippen LogP contribution in [0, 0.1) is 0 Å². The Morgan fingerprint density at radius 2 is 2.13 bits per heavy atom. The lowest BCUT2D eigenvalue weighted by Crippen LogP contribution is -2.63. The van der Waals surface area contributed by atoms with Crippen LogP contribution in [0.3, 0.4) is 0 Å². The lowest BCUT2D eigenvalue weighted by molar-refractivity contribution is -0.0670. The topological polar surface area (TPSA) is 21.7 Å². The second-order valence-electron chi connectivity index (χ2n) is 4.19. The van der Waals surface area contributed by atoms with Crippen molar-refractivity contribution in [2.75, 3.05) is 38.8 Å². The third-order valence-corrected chi connectivity index (χ3v) is 5.31. The van der Waals surface area contributed by atoms with E-state index in [2.05, 4.69) is 14.1 Å². The first kappa shape index (κ1) is 12.1. The number of hydrogen-bond acceptors (Lipinski definition) is 4. The molecule has 0 spiro atoms. The van der Waals surface area contributed by atoms with Gasteiger partial charge in [-0.05, 0) is 0 Å². The Labute approximate surface area is 98.5 Å². The van der Waals surface area contributed by atoms with Gasteiger partial charge in [-0.1, -0.05) is 0 Å². The van der Waals surface area contributed by atoms with E-state index in [0.29, 0.717) is 23.9 Å². The fourth-order valence-electron chi connectivity index (χ4n) is 2.55. The molecule has 0 aromatic carbocycles. The zero-order valence-electron chi connectivity index (χ0n) is 9.39. The number of ether oxygens (including phenoxy) is 2. The summed E-state index contributed by atoms with van der Waals surface area (Å²) < 4.78 is 11.2. The molecule has 1 unspecified atom stereocenters. The summed E-state index contributed by atoms with van der Waals surface area (Å²) in [6.07, 6.45) is 0.584. The Balaban J connectivity index is 2.10. The lowest BCUT2D eigenvalue weighted by atomic mass is 9.97. The predicted molar refractivity (Wildman–Crippen MR) is 67.8 cm³/mol. The molecule has 0 amide bonds. The van der Waals surface area contributed by atoms with Gasteiger partial charge >= 0.3 is 0 Å². The zero-order chi connectivity index (χ0) is 10.8. The first-order valence-corrected chi connectivity index (χ1v) is 7.23. The maximum atomic E-state index is 5.65. The van der Waals surface area contributed by atoms with Gasteiger partial charge in [0.15, 0.2) is 0 Å². The van der Waals surface area contributed by atoms with Crippen molar-refractivity contribution in [1.82, 2.24) is 4.90 Å². The minimum Gasteiger partial charge on any atom is -0.379 e. The van der Waals surface area contributed by atoms with Gasteiger partial charge in [-0.25, -0.2) is 0 Å². The van der Waals surface area contributed by atoms with Crippen LogP contribution in [0.5, 0.6) is 0 Å². The number of fused-ring (bicyclic) bond motifs is 1. The summed E-state index contributed by atoms with van der Waals surface area (Å²) >= 11 is 2.04. The summed E-state index contributed by atoms with van der Waals surface area (Å²) in [7, 11) is 6.52. The Morgan fingerprint density at radius 1 is 1.33 bits per heavy atom. The van der Waals surface area contributed by atoms with Gasteiger partial charge in [-0.3, -0.25) is 4.90 Å². The molecule has 2 rings (SSSR count). The SMILES string of the molecule is CO[C@H]1[C@H](P)[C@@H](OC)CN2CCSC[C@@H]12. The highest BCUT2D eigenvalue weighted by Gasteiger charge is 2.42. The van der Waals surface area contributed by atoms with E-state index in [1.807, 2.05) is 18.9 Å². The summed E-state index contributed by atoms with van der Waals surface area (Å²) in [6.45, 7) is 2.22. The summed E-state index contributed by atoms with van der Waals surface area (Å²) in [5, 5.41) is 0. The van der Waals surface area contributed by atoms with Gasteiger partial charge < -0.3 is 9.47 Å². The van der Waals surface area contributed by atoms with E-state index in [-0.39, 0.29) is 0 Å². The van der Waals surface area contributed by atoms with E-state index in [1.54, 1.807) is 7.11 Å². The monoisotopic (exact) mass is 249 g/mol. The number of methoxy groups -OCH3 is 2. The van der Waals surface area contributed by atoms with Crippen molar-refractivity contribution in [2.24, 2.45) is 0 Å². The first-order chi connectivity index (χ1) is 7.27. The molecule has 88 valence electrons. The van der Waals surface area contributed by atoms with Crippen LogP contribution < -0.4 is 0 Å². The van der Waals surface area contributed by atoms with Gasteiger partial charge in [0, 0.05) is 50.5 Å². The largest absolute Gasteiger partial charge is 0.379 e. The van der Waals surface area contributed by atoms with E-state index < -0.39 is 0 Å². The van der Waals surface area contributed by atoms with E-state index in [0.717, 1.165) is 6.54 Å². The molecule has 0 N–H and O–H groups in total. The molecule has 15 heavy (non-hydrogen) atoms. The third kappa shape index (κ3) is 2.34. The maximum Gasteiger partial charge on any atom is 0.0822 e. The molecule has 3 nitrogen and oxygen atoms in total. The Morgan fingerprint density at radius 3 is 2.80 bits per heavy atom. The number of thioether (sulfide) groups is 1. The molecule has 2 aliphatic rings. The van der Waals surface area contributed by atoms with E-state index in [1.165, 1.54) is 18.1 Å². The van der Waals surface area contributed by atoms with Crippen LogP contribution in [0.2, 0.25) is 0 Å². The molecule has 2 saturated heterocycles. The highest BCUT2D eigenvalue weighted by atomic mass is 32.2. The van der Waals surface area contributed by atoms with Crippen molar-refractivity contribution < 1.29 is 9.47 Å². The van der Waals surface area contributed by atoms with Crippen LogP contribution in [0.25, 0.3) is 0 Å². The van der Waals surface area contributed by atoms with Crippen LogP contribution in [0.4, 0.5) is 0 Å². The summed E-state index contributed by atoms with van der Waals surface area (Å²) in [5.74, 6) is 2.44. The van der Waals surface area contributed by atoms with Crippen LogP contribution in [0.15, 0.2) is 0 Å². The molecule has 5 heteroatoms. The first-order valence-electron chi connectivity index (χ1n) is 5.41. The molecular weight excluding hydrogens is 229 g/mol. The summed E-state index contributed by atoms with van der Waals surface area (Å²) in [4.78, 5) is 2.53. The lowest BCUT2D eigenvalue weighted by Gasteiger charge is -2.48. The van der Waals surface area contributed by atoms with Gasteiger partial charge in [-0.2, -0.15) is 11.8 Å². The highest BCUT2D eigenvalue weighted by Crippen LogP contribution is 2.32. The average molecular weight is 249 g/mol. The molecule has 2 fully saturated rings. The van der Waals surface area contributed by atoms with Crippen LogP contribution in [0.1, 0.15) is 0 Å². The van der Waals surface area contributed by atoms with Gasteiger partial charge in [0.2, 0.25) is 0 Å². The molecule has 0 aliphatic carbocycles. The van der Waals surface area contributed by atoms with Crippen molar-refractivity contribution >= 4 is 21.0 Å². The predicted octanol–water partition coefficient (Wildman–Crippen LogP) is 0.691. The number of rotatable bonds is 2. The highest BCUT2D eigenvalue weighted by molar-refractivity contribution is 7.99.